The predicted molar refractivity (Wildman–Crippen MR) is 85.7 cm³/mol. The maximum Gasteiger partial charge on any atom is 0.154 e. The van der Waals surface area contributed by atoms with Crippen LogP contribution in [0.4, 0.5) is 0 Å². The van der Waals surface area contributed by atoms with Gasteiger partial charge in [-0.3, -0.25) is 0 Å². The van der Waals surface area contributed by atoms with E-state index in [4.69, 9.17) is 11.6 Å². The van der Waals surface area contributed by atoms with Crippen molar-refractivity contribution in [2.75, 3.05) is 11.6 Å². The number of fused-ring (bicyclic) bond motifs is 1. The number of hydrogen-bond acceptors (Lipinski definition) is 3. The Morgan fingerprint density at radius 3 is 2.90 bits per heavy atom. The number of rotatable bonds is 4. The van der Waals surface area contributed by atoms with Crippen LogP contribution in [-0.4, -0.2) is 34.9 Å². The Morgan fingerprint density at radius 2 is 2.24 bits per heavy atom. The lowest BCUT2D eigenvalue weighted by atomic mass is 10.2. The Kier molecular flexibility index (Phi) is 3.97. The Bertz CT molecular complexity index is 767. The molecule has 1 aliphatic heterocycles. The van der Waals surface area contributed by atoms with Crippen molar-refractivity contribution in [2.45, 2.75) is 38.0 Å². The summed E-state index contributed by atoms with van der Waals surface area (Å²) in [5.41, 5.74) is 3.08. The van der Waals surface area contributed by atoms with Crippen molar-refractivity contribution >= 4 is 32.5 Å². The van der Waals surface area contributed by atoms with Gasteiger partial charge in [0.15, 0.2) is 9.84 Å². The highest BCUT2D eigenvalue weighted by Gasteiger charge is 2.32. The summed E-state index contributed by atoms with van der Waals surface area (Å²) in [5, 5.41) is -0.287. The number of aryl methyl sites for hydroxylation is 2. The number of aromatic nitrogens is 2. The highest BCUT2D eigenvalue weighted by atomic mass is 35.5. The van der Waals surface area contributed by atoms with E-state index in [-0.39, 0.29) is 5.25 Å². The first-order chi connectivity index (χ1) is 10.0. The molecule has 1 saturated heterocycles. The van der Waals surface area contributed by atoms with Gasteiger partial charge in [0.1, 0.15) is 5.82 Å². The first-order valence-corrected chi connectivity index (χ1v) is 9.49. The van der Waals surface area contributed by atoms with Gasteiger partial charge in [0.25, 0.3) is 0 Å². The fourth-order valence-corrected chi connectivity index (χ4v) is 5.01. The monoisotopic (exact) mass is 326 g/mol. The van der Waals surface area contributed by atoms with Crippen LogP contribution in [0, 0.1) is 6.92 Å². The zero-order valence-electron chi connectivity index (χ0n) is 12.0. The third-order valence-corrected chi connectivity index (χ3v) is 6.60. The van der Waals surface area contributed by atoms with E-state index in [1.165, 1.54) is 0 Å². The molecule has 1 aromatic heterocycles. The number of imidazole rings is 1. The molecule has 0 aliphatic carbocycles. The summed E-state index contributed by atoms with van der Waals surface area (Å²) >= 11 is 5.87. The molecule has 0 saturated carbocycles. The van der Waals surface area contributed by atoms with Crippen molar-refractivity contribution in [1.29, 1.82) is 0 Å². The molecule has 1 unspecified atom stereocenters. The normalized spacial score (nSPS) is 21.1. The average Bonchev–Trinajstić information content (AvgIpc) is 2.91. The molecule has 21 heavy (non-hydrogen) atoms. The zero-order chi connectivity index (χ0) is 15.0. The molecule has 3 rings (SSSR count). The largest absolute Gasteiger partial charge is 0.327 e. The Balaban J connectivity index is 2.05. The second-order valence-corrected chi connectivity index (χ2v) is 8.48. The second kappa shape index (κ2) is 5.61. The third kappa shape index (κ3) is 2.81. The molecule has 6 heteroatoms. The van der Waals surface area contributed by atoms with E-state index in [0.29, 0.717) is 24.6 Å². The van der Waals surface area contributed by atoms with Gasteiger partial charge in [0.05, 0.1) is 22.0 Å². The number of nitrogens with zero attached hydrogens (tertiary/aromatic N) is 2. The Labute approximate surface area is 130 Å². The summed E-state index contributed by atoms with van der Waals surface area (Å²) in [6.45, 7) is 2.52. The fraction of sp³-hybridized carbons (Fsp3) is 0.533. The van der Waals surface area contributed by atoms with E-state index in [1.807, 2.05) is 29.7 Å². The summed E-state index contributed by atoms with van der Waals surface area (Å²) in [7, 11) is -2.95. The standard InChI is InChI=1S/C15H19ClN2O2S/c1-11-4-5-14-13(9-11)17-15(6-7-16)18(14)10-12-3-2-8-21(12,19)20/h4-5,9,12H,2-3,6-8,10H2,1H3. The minimum atomic E-state index is -2.95. The highest BCUT2D eigenvalue weighted by molar-refractivity contribution is 7.92. The molecule has 0 amide bonds. The average molecular weight is 327 g/mol. The summed E-state index contributed by atoms with van der Waals surface area (Å²) in [5.74, 6) is 1.68. The van der Waals surface area contributed by atoms with Crippen molar-refractivity contribution in [2.24, 2.45) is 0 Å². The van der Waals surface area contributed by atoms with E-state index in [0.717, 1.165) is 35.3 Å². The van der Waals surface area contributed by atoms with Crippen molar-refractivity contribution in [3.05, 3.63) is 29.6 Å². The van der Waals surface area contributed by atoms with Crippen molar-refractivity contribution in [1.82, 2.24) is 9.55 Å². The molecule has 1 aliphatic rings. The summed E-state index contributed by atoms with van der Waals surface area (Å²) in [6, 6.07) is 6.10. The SMILES string of the molecule is Cc1ccc2c(c1)nc(CCCl)n2CC1CCCS1(=O)=O. The van der Waals surface area contributed by atoms with Crippen LogP contribution in [0.1, 0.15) is 24.2 Å². The number of benzene rings is 1. The molecule has 2 aromatic rings. The van der Waals surface area contributed by atoms with Crippen LogP contribution in [0.3, 0.4) is 0 Å². The summed E-state index contributed by atoms with van der Waals surface area (Å²) in [4.78, 5) is 4.64. The van der Waals surface area contributed by atoms with E-state index >= 15 is 0 Å². The van der Waals surface area contributed by atoms with Crippen LogP contribution >= 0.6 is 11.6 Å². The van der Waals surface area contributed by atoms with Crippen molar-refractivity contribution in [3.8, 4) is 0 Å². The van der Waals surface area contributed by atoms with Gasteiger partial charge in [0.2, 0.25) is 0 Å². The molecular formula is C15H19ClN2O2S. The van der Waals surface area contributed by atoms with Crippen LogP contribution < -0.4 is 0 Å². The van der Waals surface area contributed by atoms with Crippen LogP contribution in [0.25, 0.3) is 11.0 Å². The van der Waals surface area contributed by atoms with E-state index in [2.05, 4.69) is 4.98 Å². The highest BCUT2D eigenvalue weighted by Crippen LogP contribution is 2.25. The predicted octanol–water partition coefficient (Wildman–Crippen LogP) is 2.70. The molecule has 1 fully saturated rings. The Hall–Kier alpha value is -1.07. The summed E-state index contributed by atoms with van der Waals surface area (Å²) < 4.78 is 26.2. The van der Waals surface area contributed by atoms with E-state index in [9.17, 15) is 8.42 Å². The zero-order valence-corrected chi connectivity index (χ0v) is 13.6. The number of halogens is 1. The maximum atomic E-state index is 12.1. The number of sulfone groups is 1. The smallest absolute Gasteiger partial charge is 0.154 e. The van der Waals surface area contributed by atoms with Crippen LogP contribution in [-0.2, 0) is 22.8 Å². The van der Waals surface area contributed by atoms with Crippen molar-refractivity contribution in [3.63, 3.8) is 0 Å². The third-order valence-electron chi connectivity index (χ3n) is 4.15. The van der Waals surface area contributed by atoms with Crippen molar-refractivity contribution < 1.29 is 8.42 Å². The van der Waals surface area contributed by atoms with E-state index < -0.39 is 9.84 Å². The molecule has 0 spiro atoms. The van der Waals surface area contributed by atoms with Gasteiger partial charge < -0.3 is 4.57 Å². The lowest BCUT2D eigenvalue weighted by molar-refractivity contribution is 0.564. The topological polar surface area (TPSA) is 52.0 Å². The van der Waals surface area contributed by atoms with Gasteiger partial charge in [-0.05, 0) is 37.5 Å². The molecule has 0 bridgehead atoms. The van der Waals surface area contributed by atoms with Gasteiger partial charge in [-0.2, -0.15) is 0 Å². The maximum absolute atomic E-state index is 12.1. The van der Waals surface area contributed by atoms with Gasteiger partial charge in [-0.1, -0.05) is 6.07 Å². The van der Waals surface area contributed by atoms with Crippen LogP contribution in [0.5, 0.6) is 0 Å². The molecule has 114 valence electrons. The number of alkyl halides is 1. The summed E-state index contributed by atoms with van der Waals surface area (Å²) in [6.07, 6.45) is 2.17. The second-order valence-electron chi connectivity index (χ2n) is 5.70. The first-order valence-electron chi connectivity index (χ1n) is 7.24. The van der Waals surface area contributed by atoms with Gasteiger partial charge >= 0.3 is 0 Å². The first kappa shape index (κ1) is 14.9. The van der Waals surface area contributed by atoms with Crippen LogP contribution in [0.2, 0.25) is 0 Å². The molecule has 2 heterocycles. The quantitative estimate of drug-likeness (QED) is 0.812. The Morgan fingerprint density at radius 1 is 1.43 bits per heavy atom. The molecule has 1 atom stereocenters. The molecule has 0 N–H and O–H groups in total. The molecule has 4 nitrogen and oxygen atoms in total. The fourth-order valence-electron chi connectivity index (χ4n) is 3.04. The minimum absolute atomic E-state index is 0.287. The number of hydrogen-bond donors (Lipinski definition) is 0. The van der Waals surface area contributed by atoms with Gasteiger partial charge in [-0.25, -0.2) is 13.4 Å². The molecule has 1 aromatic carbocycles. The lowest BCUT2D eigenvalue weighted by Crippen LogP contribution is -2.23. The van der Waals surface area contributed by atoms with Crippen LogP contribution in [0.15, 0.2) is 18.2 Å². The molecular weight excluding hydrogens is 308 g/mol. The lowest BCUT2D eigenvalue weighted by Gasteiger charge is -2.14. The van der Waals surface area contributed by atoms with Gasteiger partial charge in [0, 0.05) is 18.8 Å². The molecule has 0 radical (unpaired) electrons. The van der Waals surface area contributed by atoms with Gasteiger partial charge in [-0.15, -0.1) is 11.6 Å². The minimum Gasteiger partial charge on any atom is -0.327 e. The van der Waals surface area contributed by atoms with E-state index in [1.54, 1.807) is 0 Å².